The first-order chi connectivity index (χ1) is 11.0. The fourth-order valence-electron chi connectivity index (χ4n) is 2.92. The highest BCUT2D eigenvalue weighted by molar-refractivity contribution is 6.20. The third-order valence-electron chi connectivity index (χ3n) is 4.05. The lowest BCUT2D eigenvalue weighted by atomic mass is 9.91. The third-order valence-corrected chi connectivity index (χ3v) is 4.05. The van der Waals surface area contributed by atoms with Gasteiger partial charge in [0.25, 0.3) is 11.8 Å². The van der Waals surface area contributed by atoms with Crippen molar-refractivity contribution in [2.24, 2.45) is 5.92 Å². The Hall–Kier alpha value is -2.47. The minimum Gasteiger partial charge on any atom is -0.373 e. The van der Waals surface area contributed by atoms with Gasteiger partial charge in [0.2, 0.25) is 0 Å². The quantitative estimate of drug-likeness (QED) is 0.631. The van der Waals surface area contributed by atoms with Crippen LogP contribution in [0.2, 0.25) is 0 Å². The first-order valence-corrected chi connectivity index (χ1v) is 7.47. The van der Waals surface area contributed by atoms with E-state index >= 15 is 0 Å². The van der Waals surface area contributed by atoms with E-state index in [1.165, 1.54) is 12.1 Å². The van der Waals surface area contributed by atoms with Gasteiger partial charge in [0, 0.05) is 6.61 Å². The normalized spacial score (nSPS) is 23.6. The van der Waals surface area contributed by atoms with Gasteiger partial charge in [0.15, 0.2) is 0 Å². The lowest BCUT2D eigenvalue weighted by Crippen LogP contribution is -2.41. The van der Waals surface area contributed by atoms with E-state index in [9.17, 15) is 14.4 Å². The van der Waals surface area contributed by atoms with Gasteiger partial charge in [-0.15, -0.1) is 0 Å². The molecule has 0 spiro atoms. The van der Waals surface area contributed by atoms with Crippen molar-refractivity contribution in [1.82, 2.24) is 5.06 Å². The van der Waals surface area contributed by atoms with Gasteiger partial charge < -0.3 is 9.57 Å². The molecule has 1 fully saturated rings. The van der Waals surface area contributed by atoms with Crippen LogP contribution < -0.4 is 0 Å². The molecule has 2 aliphatic rings. The molecule has 1 saturated heterocycles. The Balaban J connectivity index is 1.77. The Morgan fingerprint density at radius 1 is 1.26 bits per heavy atom. The van der Waals surface area contributed by atoms with E-state index in [-0.39, 0.29) is 11.1 Å². The monoisotopic (exact) mass is 315 g/mol. The highest BCUT2D eigenvalue weighted by Crippen LogP contribution is 2.29. The molecule has 0 saturated carbocycles. The third kappa shape index (κ3) is 2.66. The van der Waals surface area contributed by atoms with Crippen LogP contribution >= 0.6 is 0 Å². The molecule has 1 aromatic carbocycles. The molecule has 23 heavy (non-hydrogen) atoms. The lowest BCUT2D eigenvalue weighted by molar-refractivity contribution is -0.180. The molecule has 2 aliphatic heterocycles. The number of imide groups is 1. The molecule has 1 aromatic rings. The van der Waals surface area contributed by atoms with Crippen LogP contribution in [0.1, 0.15) is 40.5 Å². The summed E-state index contributed by atoms with van der Waals surface area (Å²) in [6.07, 6.45) is 0.831. The number of hydrogen-bond donors (Lipinski definition) is 0. The summed E-state index contributed by atoms with van der Waals surface area (Å²) in [5.74, 6) is -2.46. The van der Waals surface area contributed by atoms with E-state index in [2.05, 4.69) is 6.58 Å². The van der Waals surface area contributed by atoms with Crippen molar-refractivity contribution < 1.29 is 24.0 Å². The van der Waals surface area contributed by atoms with Gasteiger partial charge >= 0.3 is 5.97 Å². The molecule has 0 bridgehead atoms. The Kier molecular flexibility index (Phi) is 4.00. The summed E-state index contributed by atoms with van der Waals surface area (Å²) in [4.78, 5) is 42.0. The van der Waals surface area contributed by atoms with Crippen molar-refractivity contribution in [2.75, 3.05) is 6.61 Å². The zero-order valence-corrected chi connectivity index (χ0v) is 12.8. The van der Waals surface area contributed by atoms with Crippen LogP contribution in [0.4, 0.5) is 0 Å². The molecule has 2 amide bonds. The second kappa shape index (κ2) is 5.96. The Morgan fingerprint density at radius 2 is 1.87 bits per heavy atom. The summed E-state index contributed by atoms with van der Waals surface area (Å²) in [5, 5.41) is 0.539. The summed E-state index contributed by atoms with van der Waals surface area (Å²) >= 11 is 0. The number of ether oxygens (including phenoxy) is 1. The van der Waals surface area contributed by atoms with Gasteiger partial charge in [0.05, 0.1) is 23.1 Å². The largest absolute Gasteiger partial charge is 0.373 e. The maximum atomic E-state index is 12.4. The van der Waals surface area contributed by atoms with Crippen LogP contribution in [0.5, 0.6) is 0 Å². The van der Waals surface area contributed by atoms with E-state index in [1.54, 1.807) is 19.1 Å². The molecule has 0 aliphatic carbocycles. The van der Waals surface area contributed by atoms with Crippen molar-refractivity contribution in [3.05, 3.63) is 47.5 Å². The minimum atomic E-state index is -0.646. The molecule has 0 radical (unpaired) electrons. The van der Waals surface area contributed by atoms with Crippen LogP contribution in [0.3, 0.4) is 0 Å². The van der Waals surface area contributed by atoms with Crippen molar-refractivity contribution in [3.8, 4) is 0 Å². The van der Waals surface area contributed by atoms with Crippen LogP contribution in [0, 0.1) is 5.92 Å². The number of carbonyl (C=O) groups is 3. The van der Waals surface area contributed by atoms with Gasteiger partial charge in [-0.25, -0.2) is 4.79 Å². The Bertz CT molecular complexity index is 661. The molecule has 0 unspecified atom stereocenters. The van der Waals surface area contributed by atoms with Crippen molar-refractivity contribution in [1.29, 1.82) is 0 Å². The molecule has 3 rings (SSSR count). The standard InChI is InChI=1S/C17H17NO5/c1-10(2)14-13(8-5-9-22-14)17(21)23-18-15(19)11-6-3-4-7-12(11)16(18)20/h3-4,6-7,13-14H,1,5,8-9H2,2H3/t13-,14-/m1/s1. The van der Waals surface area contributed by atoms with E-state index in [1.807, 2.05) is 0 Å². The SMILES string of the molecule is C=C(C)[C@H]1OCCC[C@H]1C(=O)ON1C(=O)c2ccccc2C1=O. The summed E-state index contributed by atoms with van der Waals surface area (Å²) in [6, 6.07) is 6.37. The molecular weight excluding hydrogens is 298 g/mol. The van der Waals surface area contributed by atoms with Crippen molar-refractivity contribution in [2.45, 2.75) is 25.9 Å². The molecule has 6 heteroatoms. The maximum Gasteiger partial charge on any atom is 0.339 e. The first kappa shape index (κ1) is 15.4. The number of fused-ring (bicyclic) bond motifs is 1. The number of hydroxylamine groups is 2. The number of carbonyl (C=O) groups excluding carboxylic acids is 3. The maximum absolute atomic E-state index is 12.4. The van der Waals surface area contributed by atoms with E-state index in [0.29, 0.717) is 30.1 Å². The fraction of sp³-hybridized carbons (Fsp3) is 0.353. The first-order valence-electron chi connectivity index (χ1n) is 7.47. The molecule has 2 heterocycles. The topological polar surface area (TPSA) is 72.9 Å². The predicted octanol–water partition coefficient (Wildman–Crippen LogP) is 2.11. The minimum absolute atomic E-state index is 0.238. The second-order valence-corrected chi connectivity index (χ2v) is 5.75. The van der Waals surface area contributed by atoms with Crippen molar-refractivity contribution >= 4 is 17.8 Å². The number of rotatable bonds is 3. The second-order valence-electron chi connectivity index (χ2n) is 5.75. The predicted molar refractivity (Wildman–Crippen MR) is 80.3 cm³/mol. The van der Waals surface area contributed by atoms with E-state index in [0.717, 1.165) is 0 Å². The van der Waals surface area contributed by atoms with Crippen LogP contribution in [-0.4, -0.2) is 35.6 Å². The average Bonchev–Trinajstić information content (AvgIpc) is 2.80. The molecule has 6 nitrogen and oxygen atoms in total. The summed E-state index contributed by atoms with van der Waals surface area (Å²) < 4.78 is 5.56. The van der Waals surface area contributed by atoms with Gasteiger partial charge in [-0.3, -0.25) is 9.59 Å². The molecule has 0 aromatic heterocycles. The Morgan fingerprint density at radius 3 is 2.43 bits per heavy atom. The van der Waals surface area contributed by atoms with E-state index in [4.69, 9.17) is 9.57 Å². The van der Waals surface area contributed by atoms with Crippen LogP contribution in [-0.2, 0) is 14.4 Å². The smallest absolute Gasteiger partial charge is 0.339 e. The number of hydrogen-bond acceptors (Lipinski definition) is 5. The molecular formula is C17H17NO5. The van der Waals surface area contributed by atoms with Gasteiger partial charge in [-0.1, -0.05) is 29.3 Å². The van der Waals surface area contributed by atoms with Crippen LogP contribution in [0.15, 0.2) is 36.4 Å². The zero-order chi connectivity index (χ0) is 16.6. The van der Waals surface area contributed by atoms with E-state index < -0.39 is 29.8 Å². The number of nitrogens with zero attached hydrogens (tertiary/aromatic N) is 1. The average molecular weight is 315 g/mol. The van der Waals surface area contributed by atoms with Crippen LogP contribution in [0.25, 0.3) is 0 Å². The number of amides is 2. The molecule has 0 N–H and O–H groups in total. The zero-order valence-electron chi connectivity index (χ0n) is 12.8. The highest BCUT2D eigenvalue weighted by Gasteiger charge is 2.41. The fourth-order valence-corrected chi connectivity index (χ4v) is 2.92. The highest BCUT2D eigenvalue weighted by atomic mass is 16.7. The molecule has 120 valence electrons. The van der Waals surface area contributed by atoms with Crippen molar-refractivity contribution in [3.63, 3.8) is 0 Å². The lowest BCUT2D eigenvalue weighted by Gasteiger charge is -2.30. The van der Waals surface area contributed by atoms with Gasteiger partial charge in [0.1, 0.15) is 0 Å². The summed E-state index contributed by atoms with van der Waals surface area (Å²) in [7, 11) is 0. The number of benzene rings is 1. The molecule has 2 atom stereocenters. The summed E-state index contributed by atoms with van der Waals surface area (Å²) in [6.45, 7) is 6.15. The Labute approximate surface area is 133 Å². The van der Waals surface area contributed by atoms with Gasteiger partial charge in [-0.2, -0.15) is 0 Å². The van der Waals surface area contributed by atoms with Gasteiger partial charge in [-0.05, 0) is 31.9 Å². The summed E-state index contributed by atoms with van der Waals surface area (Å²) in [5.41, 5.74) is 1.19.